The summed E-state index contributed by atoms with van der Waals surface area (Å²) < 4.78 is 5.24. The number of benzene rings is 2. The average molecular weight is 434 g/mol. The monoisotopic (exact) mass is 433 g/mol. The minimum Gasteiger partial charge on any atom is -0.497 e. The molecule has 6 nitrogen and oxygen atoms in total. The molecular weight excluding hydrogens is 402 g/mol. The standard InChI is InChI=1S/C26H31N3O3/c1-32-23-9-7-22(8-10-23)28-15-13-27(14-16-28)18-25(30)21-6-11-24-20(17-21)3-2-12-29(24)26(31)19-4-5-19/h6-11,17,19H,2-5,12-16,18H2,1H3. The van der Waals surface area contributed by atoms with Crippen molar-refractivity contribution in [3.63, 3.8) is 0 Å². The molecule has 0 unspecified atom stereocenters. The predicted molar refractivity (Wildman–Crippen MR) is 126 cm³/mol. The molecule has 2 aliphatic heterocycles. The number of rotatable bonds is 6. The molecule has 3 aliphatic rings. The fourth-order valence-corrected chi connectivity index (χ4v) is 4.80. The predicted octanol–water partition coefficient (Wildman–Crippen LogP) is 3.39. The van der Waals surface area contributed by atoms with Crippen LogP contribution in [0.2, 0.25) is 0 Å². The van der Waals surface area contributed by atoms with Gasteiger partial charge in [-0.3, -0.25) is 14.5 Å². The number of fused-ring (bicyclic) bond motifs is 1. The van der Waals surface area contributed by atoms with Gasteiger partial charge in [0.05, 0.1) is 13.7 Å². The number of nitrogens with zero attached hydrogens (tertiary/aromatic N) is 3. The van der Waals surface area contributed by atoms with Gasteiger partial charge in [-0.1, -0.05) is 0 Å². The number of methoxy groups -OCH3 is 1. The summed E-state index contributed by atoms with van der Waals surface area (Å²) in [5.74, 6) is 1.51. The zero-order valence-corrected chi connectivity index (χ0v) is 18.8. The second kappa shape index (κ2) is 8.94. The topological polar surface area (TPSA) is 53.1 Å². The highest BCUT2D eigenvalue weighted by Crippen LogP contribution is 2.36. The highest BCUT2D eigenvalue weighted by Gasteiger charge is 2.35. The van der Waals surface area contributed by atoms with Gasteiger partial charge in [0.25, 0.3) is 0 Å². The lowest BCUT2D eigenvalue weighted by molar-refractivity contribution is -0.119. The van der Waals surface area contributed by atoms with Crippen LogP contribution in [0.5, 0.6) is 5.75 Å². The molecule has 1 amide bonds. The molecule has 168 valence electrons. The first-order valence-electron chi connectivity index (χ1n) is 11.7. The van der Waals surface area contributed by atoms with Crippen LogP contribution in [0.15, 0.2) is 42.5 Å². The largest absolute Gasteiger partial charge is 0.497 e. The van der Waals surface area contributed by atoms with Crippen molar-refractivity contribution in [3.8, 4) is 5.75 Å². The van der Waals surface area contributed by atoms with Crippen LogP contribution < -0.4 is 14.5 Å². The molecule has 2 heterocycles. The van der Waals surface area contributed by atoms with Gasteiger partial charge in [-0.25, -0.2) is 0 Å². The van der Waals surface area contributed by atoms with Gasteiger partial charge >= 0.3 is 0 Å². The third-order valence-corrected chi connectivity index (χ3v) is 6.89. The molecule has 2 fully saturated rings. The van der Waals surface area contributed by atoms with Gasteiger partial charge < -0.3 is 14.5 Å². The molecule has 0 bridgehead atoms. The van der Waals surface area contributed by atoms with Crippen molar-refractivity contribution < 1.29 is 14.3 Å². The Labute approximate surface area is 189 Å². The molecule has 2 aromatic rings. The molecular formula is C26H31N3O3. The number of Topliss-reactive ketones (excluding diaryl/α,β-unsaturated/α-hetero) is 1. The Morgan fingerprint density at radius 1 is 0.969 bits per heavy atom. The zero-order valence-electron chi connectivity index (χ0n) is 18.8. The SMILES string of the molecule is COc1ccc(N2CCN(CC(=O)c3ccc4c(c3)CCCN4C(=O)C3CC3)CC2)cc1. The minimum absolute atomic E-state index is 0.163. The fourth-order valence-electron chi connectivity index (χ4n) is 4.80. The molecule has 0 atom stereocenters. The fraction of sp³-hybridized carbons (Fsp3) is 0.462. The minimum atomic E-state index is 0.163. The van der Waals surface area contributed by atoms with Gasteiger partial charge in [-0.15, -0.1) is 0 Å². The van der Waals surface area contributed by atoms with E-state index in [0.29, 0.717) is 6.54 Å². The van der Waals surface area contributed by atoms with Crippen LogP contribution in [0, 0.1) is 5.92 Å². The number of carbonyl (C=O) groups is 2. The molecule has 0 aromatic heterocycles. The lowest BCUT2D eigenvalue weighted by Crippen LogP contribution is -2.48. The quantitative estimate of drug-likeness (QED) is 0.654. The molecule has 2 aromatic carbocycles. The van der Waals surface area contributed by atoms with E-state index in [2.05, 4.69) is 21.9 Å². The Hall–Kier alpha value is -2.86. The van der Waals surface area contributed by atoms with Crippen molar-refractivity contribution in [2.45, 2.75) is 25.7 Å². The van der Waals surface area contributed by atoms with Crippen LogP contribution in [-0.4, -0.2) is 63.0 Å². The summed E-state index contributed by atoms with van der Waals surface area (Å²) in [6.07, 6.45) is 3.95. The Kier molecular flexibility index (Phi) is 5.87. The normalized spacial score (nSPS) is 18.9. The summed E-state index contributed by atoms with van der Waals surface area (Å²) in [6.45, 7) is 4.79. The summed E-state index contributed by atoms with van der Waals surface area (Å²) >= 11 is 0. The lowest BCUT2D eigenvalue weighted by Gasteiger charge is -2.36. The second-order valence-corrected chi connectivity index (χ2v) is 9.10. The third-order valence-electron chi connectivity index (χ3n) is 6.89. The number of ether oxygens (including phenoxy) is 1. The number of anilines is 2. The van der Waals surface area contributed by atoms with E-state index in [0.717, 1.165) is 81.0 Å². The maximum Gasteiger partial charge on any atom is 0.230 e. The van der Waals surface area contributed by atoms with Gasteiger partial charge in [0.2, 0.25) is 5.91 Å². The van der Waals surface area contributed by atoms with Crippen LogP contribution in [0.3, 0.4) is 0 Å². The summed E-state index contributed by atoms with van der Waals surface area (Å²) in [5.41, 5.74) is 4.11. The lowest BCUT2D eigenvalue weighted by atomic mass is 9.97. The van der Waals surface area contributed by atoms with E-state index < -0.39 is 0 Å². The maximum atomic E-state index is 13.0. The first-order valence-corrected chi connectivity index (χ1v) is 11.7. The van der Waals surface area contributed by atoms with Gasteiger partial charge in [0, 0.05) is 55.6 Å². The Balaban J connectivity index is 1.19. The number of hydrogen-bond acceptors (Lipinski definition) is 5. The molecule has 1 aliphatic carbocycles. The smallest absolute Gasteiger partial charge is 0.230 e. The number of hydrogen-bond donors (Lipinski definition) is 0. The van der Waals surface area contributed by atoms with Gasteiger partial charge in [-0.05, 0) is 73.7 Å². The van der Waals surface area contributed by atoms with Gasteiger partial charge in [0.15, 0.2) is 5.78 Å². The molecule has 32 heavy (non-hydrogen) atoms. The van der Waals surface area contributed by atoms with Crippen LogP contribution in [-0.2, 0) is 11.2 Å². The van der Waals surface area contributed by atoms with E-state index in [-0.39, 0.29) is 17.6 Å². The highest BCUT2D eigenvalue weighted by atomic mass is 16.5. The van der Waals surface area contributed by atoms with E-state index in [9.17, 15) is 9.59 Å². The Morgan fingerprint density at radius 3 is 2.41 bits per heavy atom. The van der Waals surface area contributed by atoms with Crippen molar-refractivity contribution in [2.75, 3.05) is 56.2 Å². The third kappa shape index (κ3) is 4.37. The Bertz CT molecular complexity index is 992. The number of ketones is 1. The van der Waals surface area contributed by atoms with Crippen molar-refractivity contribution in [2.24, 2.45) is 5.92 Å². The van der Waals surface area contributed by atoms with Crippen LogP contribution in [0.4, 0.5) is 11.4 Å². The molecule has 1 saturated carbocycles. The van der Waals surface area contributed by atoms with Crippen LogP contribution >= 0.6 is 0 Å². The van der Waals surface area contributed by atoms with E-state index in [1.54, 1.807) is 7.11 Å². The average Bonchev–Trinajstić information content (AvgIpc) is 3.69. The van der Waals surface area contributed by atoms with Crippen LogP contribution in [0.1, 0.15) is 35.2 Å². The summed E-state index contributed by atoms with van der Waals surface area (Å²) in [4.78, 5) is 32.2. The number of aryl methyl sites for hydroxylation is 1. The Morgan fingerprint density at radius 2 is 1.72 bits per heavy atom. The van der Waals surface area contributed by atoms with E-state index in [4.69, 9.17) is 4.74 Å². The van der Waals surface area contributed by atoms with E-state index in [1.807, 2.05) is 35.2 Å². The maximum absolute atomic E-state index is 13.0. The number of carbonyl (C=O) groups excluding carboxylic acids is 2. The zero-order chi connectivity index (χ0) is 22.1. The van der Waals surface area contributed by atoms with Crippen molar-refractivity contribution in [1.29, 1.82) is 0 Å². The highest BCUT2D eigenvalue weighted by molar-refractivity contribution is 6.00. The molecule has 0 N–H and O–H groups in total. The summed E-state index contributed by atoms with van der Waals surface area (Å²) in [5, 5.41) is 0. The van der Waals surface area contributed by atoms with Crippen LogP contribution in [0.25, 0.3) is 0 Å². The first kappa shape index (κ1) is 21.0. The van der Waals surface area contributed by atoms with Gasteiger partial charge in [0.1, 0.15) is 5.75 Å². The van der Waals surface area contributed by atoms with Gasteiger partial charge in [-0.2, -0.15) is 0 Å². The van der Waals surface area contributed by atoms with Crippen molar-refractivity contribution in [1.82, 2.24) is 4.90 Å². The second-order valence-electron chi connectivity index (χ2n) is 9.10. The molecule has 0 radical (unpaired) electrons. The van der Waals surface area contributed by atoms with E-state index >= 15 is 0 Å². The summed E-state index contributed by atoms with van der Waals surface area (Å²) in [7, 11) is 1.68. The number of amides is 1. The molecule has 0 spiro atoms. The molecule has 5 rings (SSSR count). The molecule has 6 heteroatoms. The van der Waals surface area contributed by atoms with Crippen molar-refractivity contribution >= 4 is 23.1 Å². The number of piperazine rings is 1. The van der Waals surface area contributed by atoms with E-state index in [1.165, 1.54) is 5.69 Å². The molecule has 1 saturated heterocycles. The first-order chi connectivity index (χ1) is 15.6. The summed E-state index contributed by atoms with van der Waals surface area (Å²) in [6, 6.07) is 14.1. The van der Waals surface area contributed by atoms with Crippen molar-refractivity contribution in [3.05, 3.63) is 53.6 Å².